The van der Waals surface area contributed by atoms with E-state index in [2.05, 4.69) is 34.3 Å². The smallest absolute Gasteiger partial charge is 0.273 e. The van der Waals surface area contributed by atoms with Crippen LogP contribution in [-0.4, -0.2) is 67.8 Å². The zero-order chi connectivity index (χ0) is 45.9. The summed E-state index contributed by atoms with van der Waals surface area (Å²) in [5, 5.41) is 20.2. The molecule has 328 valence electrons. The van der Waals surface area contributed by atoms with Crippen LogP contribution in [0.3, 0.4) is 0 Å². The zero-order valence-electron chi connectivity index (χ0n) is 35.9. The number of hydrogen-bond acceptors (Lipinski definition) is 13. The molecule has 0 spiro atoms. The van der Waals surface area contributed by atoms with Crippen molar-refractivity contribution in [3.05, 3.63) is 135 Å². The molecule has 0 aliphatic rings. The summed E-state index contributed by atoms with van der Waals surface area (Å²) in [6, 6.07) is 26.4. The predicted molar refractivity (Wildman–Crippen MR) is 240 cm³/mol. The van der Waals surface area contributed by atoms with E-state index in [4.69, 9.17) is 25.8 Å². The van der Waals surface area contributed by atoms with Crippen LogP contribution in [-0.2, 0) is 32.8 Å². The molecule has 16 heteroatoms. The molecular weight excluding hydrogens is 844 g/mol. The number of amides is 2. The Morgan fingerprint density at radius 1 is 1.00 bits per heavy atom. The Labute approximate surface area is 377 Å². The maximum absolute atomic E-state index is 13.4. The number of benzene rings is 4. The Kier molecular flexibility index (Phi) is 16.0. The lowest BCUT2D eigenvalue weighted by Gasteiger charge is -2.27. The van der Waals surface area contributed by atoms with Crippen molar-refractivity contribution >= 4 is 54.2 Å². The number of carbonyl (C=O) groups is 4. The Morgan fingerprint density at radius 3 is 2.30 bits per heavy atom. The highest BCUT2D eigenvalue weighted by Gasteiger charge is 2.30. The molecule has 0 aliphatic heterocycles. The van der Waals surface area contributed by atoms with Gasteiger partial charge < -0.3 is 14.2 Å². The van der Waals surface area contributed by atoms with Gasteiger partial charge in [-0.15, -0.1) is 0 Å². The molecule has 5 rings (SSSR count). The number of halogens is 1. The van der Waals surface area contributed by atoms with Gasteiger partial charge in [0.25, 0.3) is 11.9 Å². The summed E-state index contributed by atoms with van der Waals surface area (Å²) in [4.78, 5) is 58.8. The summed E-state index contributed by atoms with van der Waals surface area (Å²) in [5.74, 6) is 1.08. The van der Waals surface area contributed by atoms with Gasteiger partial charge in [-0.3, -0.25) is 24.1 Å². The maximum atomic E-state index is 13.4. The first-order valence-corrected chi connectivity index (χ1v) is 20.9. The van der Waals surface area contributed by atoms with Crippen LogP contribution in [0.2, 0.25) is 5.02 Å². The van der Waals surface area contributed by atoms with Gasteiger partial charge in [-0.05, 0) is 107 Å². The molecular formula is C47H50ClN6O8S+. The third-order valence-electron chi connectivity index (χ3n) is 10.3. The number of aromatic nitrogens is 2. The monoisotopic (exact) mass is 893 g/mol. The van der Waals surface area contributed by atoms with Crippen molar-refractivity contribution in [3.8, 4) is 29.1 Å². The first kappa shape index (κ1) is 47.7. The number of ether oxygens (including phenoxy) is 3. The molecule has 0 radical (unpaired) electrons. The number of quaternary nitrogens is 1. The van der Waals surface area contributed by atoms with Crippen LogP contribution < -0.4 is 19.6 Å². The molecule has 2 unspecified atom stereocenters. The average molecular weight is 894 g/mol. The summed E-state index contributed by atoms with van der Waals surface area (Å²) < 4.78 is 17.2. The second-order valence-electron chi connectivity index (χ2n) is 15.5. The number of imide groups is 1. The van der Waals surface area contributed by atoms with Crippen molar-refractivity contribution in [1.82, 2.24) is 14.9 Å². The van der Waals surface area contributed by atoms with Gasteiger partial charge in [0.05, 0.1) is 28.9 Å². The van der Waals surface area contributed by atoms with E-state index in [0.29, 0.717) is 64.1 Å². The number of nitrogens with zero attached hydrogens (tertiary/aromatic N) is 5. The van der Waals surface area contributed by atoms with Gasteiger partial charge in [0.1, 0.15) is 55.6 Å². The molecule has 2 amide bonds. The maximum Gasteiger partial charge on any atom is 0.273 e. The van der Waals surface area contributed by atoms with Crippen LogP contribution in [0.25, 0.3) is 0 Å². The minimum absolute atomic E-state index is 0.0546. The van der Waals surface area contributed by atoms with E-state index in [1.54, 1.807) is 62.5 Å². The number of rotatable bonds is 21. The van der Waals surface area contributed by atoms with E-state index in [1.807, 2.05) is 56.3 Å². The second kappa shape index (κ2) is 21.2. The minimum Gasteiger partial charge on any atom is -0.490 e. The van der Waals surface area contributed by atoms with E-state index < -0.39 is 21.5 Å². The molecule has 0 saturated heterocycles. The van der Waals surface area contributed by atoms with Gasteiger partial charge in [0, 0.05) is 36.4 Å². The topological polar surface area (TPSA) is 181 Å². The number of aryl methyl sites for hydroxylation is 1. The molecule has 1 aromatic heterocycles. The van der Waals surface area contributed by atoms with E-state index in [1.165, 1.54) is 14.0 Å². The summed E-state index contributed by atoms with van der Waals surface area (Å²) in [5.41, 5.74) is 6.55. The summed E-state index contributed by atoms with van der Waals surface area (Å²) in [7, 11) is 1.40. The fraction of sp³-hybridized carbons (Fsp3) is 0.298. The third kappa shape index (κ3) is 12.9. The van der Waals surface area contributed by atoms with Crippen LogP contribution in [0.4, 0.5) is 5.95 Å². The molecule has 2 N–H and O–H groups in total. The summed E-state index contributed by atoms with van der Waals surface area (Å²) in [6.07, 6.45) is 2.89. The zero-order valence-corrected chi connectivity index (χ0v) is 37.6. The van der Waals surface area contributed by atoms with Crippen molar-refractivity contribution < 1.29 is 42.8 Å². The van der Waals surface area contributed by atoms with E-state index in [0.717, 1.165) is 21.6 Å². The van der Waals surface area contributed by atoms with Crippen molar-refractivity contribution in [1.29, 1.82) is 5.26 Å². The molecule has 5 aromatic rings. The Balaban J connectivity index is 1.16. The predicted octanol–water partition coefficient (Wildman–Crippen LogP) is 8.95. The number of anilines is 1. The number of hydroxylamine groups is 1. The van der Waals surface area contributed by atoms with E-state index in [9.17, 15) is 29.6 Å². The minimum atomic E-state index is -1.03. The number of nitriles is 1. The number of carbonyl (C=O) groups excluding carboxylic acids is 4. The number of ketones is 2. The van der Waals surface area contributed by atoms with Crippen LogP contribution in [0.5, 0.6) is 23.0 Å². The molecule has 2 atom stereocenters. The molecule has 0 aliphatic carbocycles. The fourth-order valence-electron chi connectivity index (χ4n) is 6.68. The lowest BCUT2D eigenvalue weighted by molar-refractivity contribution is -0.955. The third-order valence-corrected chi connectivity index (χ3v) is 10.7. The molecule has 0 bridgehead atoms. The number of Topliss-reactive ketones (excluding diaryl/α,β-unsaturated/α-hetero) is 2. The molecule has 1 heterocycles. The van der Waals surface area contributed by atoms with Gasteiger partial charge >= 0.3 is 0 Å². The van der Waals surface area contributed by atoms with E-state index in [-0.39, 0.29) is 49.1 Å². The van der Waals surface area contributed by atoms with Gasteiger partial charge in [-0.25, -0.2) is 9.97 Å². The molecule has 0 saturated carbocycles. The first-order chi connectivity index (χ1) is 29.9. The molecule has 4 aromatic carbocycles. The largest absolute Gasteiger partial charge is 0.490 e. The van der Waals surface area contributed by atoms with Crippen LogP contribution >= 0.6 is 24.4 Å². The van der Waals surface area contributed by atoms with Gasteiger partial charge in [0.15, 0.2) is 11.5 Å². The highest BCUT2D eigenvalue weighted by molar-refractivity contribution is 7.74. The van der Waals surface area contributed by atoms with Crippen molar-refractivity contribution in [2.45, 2.75) is 78.4 Å². The van der Waals surface area contributed by atoms with Crippen LogP contribution in [0.15, 0.2) is 91.1 Å². The highest BCUT2D eigenvalue weighted by atomic mass is 35.5. The highest BCUT2D eigenvalue weighted by Crippen LogP contribution is 2.39. The Bertz CT molecular complexity index is 2490. The lowest BCUT2D eigenvalue weighted by Crippen LogP contribution is -2.44. The normalized spacial score (nSPS) is 12.6. The number of nitrogens with one attached hydrogen (secondary N) is 1. The number of thiol groups is 1. The van der Waals surface area contributed by atoms with Crippen molar-refractivity contribution in [2.75, 3.05) is 19.1 Å². The molecule has 0 fully saturated rings. The lowest BCUT2D eigenvalue weighted by atomic mass is 9.77. The van der Waals surface area contributed by atoms with Crippen LogP contribution in [0, 0.1) is 18.3 Å². The fourth-order valence-corrected chi connectivity index (χ4v) is 7.04. The summed E-state index contributed by atoms with van der Waals surface area (Å²) in [6.45, 7) is 9.25. The van der Waals surface area contributed by atoms with E-state index >= 15 is 0 Å². The van der Waals surface area contributed by atoms with Crippen molar-refractivity contribution in [2.24, 2.45) is 0 Å². The quantitative estimate of drug-likeness (QED) is 0.0276. The molecule has 63 heavy (non-hydrogen) atoms. The molecule has 14 nitrogen and oxygen atoms in total. The Morgan fingerprint density at radius 2 is 1.68 bits per heavy atom. The standard InChI is InChI=1S/C47H50ClN6O8S/c1-7-37(57)12-19-43(31(3)56)53(29-55)45(58)41-18-17-40(24-30(41)2)62-39-13-8-32(9-14-39)21-23-60-44-33(27-49)25-35(26-42(44)48)47(4,5)34-10-15-38(16-11-34)61-28-36-20-22-50-46(51-36)52-54(6,59)63/h8-11,13-18,20,22,24-26,29,43,59,63H,7,12,19,21,23,28H2,1-6H3,(H,50,51,52)/q+1. The van der Waals surface area contributed by atoms with Crippen LogP contribution in [0.1, 0.15) is 90.8 Å². The SMILES string of the molecule is CCC(=O)CCC(C(C)=O)N(C=O)C(=O)c1ccc(Oc2ccc(CCOc3c(Cl)cc(C(C)(C)c4ccc(OCc5ccnc(N[N+](C)(O)S)n5)cc4)cc3C#N)cc2)cc1C. The second-order valence-corrected chi connectivity index (χ2v) is 16.7. The van der Waals surface area contributed by atoms with Crippen molar-refractivity contribution in [3.63, 3.8) is 0 Å². The first-order valence-electron chi connectivity index (χ1n) is 20.1. The van der Waals surface area contributed by atoms with Gasteiger partial charge in [0.2, 0.25) is 6.41 Å². The van der Waals surface area contributed by atoms with Gasteiger partial charge in [-0.2, -0.15) is 15.9 Å². The number of hydrogen-bond donors (Lipinski definition) is 3. The van der Waals surface area contributed by atoms with Gasteiger partial charge in [-0.1, -0.05) is 56.6 Å². The average Bonchev–Trinajstić information content (AvgIpc) is 3.24. The summed E-state index contributed by atoms with van der Waals surface area (Å²) >= 11 is 10.7. The Hall–Kier alpha value is -6.31.